The molecule has 0 saturated carbocycles. The molecule has 3 aromatic rings. The highest BCUT2D eigenvalue weighted by Crippen LogP contribution is 2.26. The minimum atomic E-state index is -3.88. The molecule has 29 heavy (non-hydrogen) atoms. The minimum absolute atomic E-state index is 0.108. The molecule has 0 fully saturated rings. The third-order valence-corrected chi connectivity index (χ3v) is 7.15. The average molecular weight is 433 g/mol. The number of benzene rings is 2. The zero-order valence-electron chi connectivity index (χ0n) is 16.1. The van der Waals surface area contributed by atoms with Crippen LogP contribution in [-0.2, 0) is 16.6 Å². The maximum Gasteiger partial charge on any atom is 0.272 e. The molecule has 2 aromatic carbocycles. The maximum atomic E-state index is 12.8. The van der Waals surface area contributed by atoms with Gasteiger partial charge in [0.25, 0.3) is 15.9 Å². The third kappa shape index (κ3) is 4.78. The van der Waals surface area contributed by atoms with Crippen LogP contribution in [-0.4, -0.2) is 43.0 Å². The fourth-order valence-corrected chi connectivity index (χ4v) is 4.76. The molecule has 0 saturated heterocycles. The number of sulfonamides is 1. The van der Waals surface area contributed by atoms with E-state index in [0.717, 1.165) is 26.8 Å². The van der Waals surface area contributed by atoms with E-state index in [9.17, 15) is 13.2 Å². The number of ether oxygens (including phenoxy) is 1. The first-order valence-corrected chi connectivity index (χ1v) is 10.9. The summed E-state index contributed by atoms with van der Waals surface area (Å²) < 4.78 is 31.9. The zero-order chi connectivity index (χ0) is 21.0. The molecule has 0 radical (unpaired) electrons. The molecule has 0 aliphatic rings. The number of hydrogen-bond donors (Lipinski definition) is 1. The van der Waals surface area contributed by atoms with Crippen molar-refractivity contribution in [2.75, 3.05) is 19.5 Å². The van der Waals surface area contributed by atoms with Crippen molar-refractivity contribution in [3.05, 3.63) is 65.2 Å². The highest BCUT2D eigenvalue weighted by Gasteiger charge is 2.27. The number of amides is 1. The SMILES string of the molecule is COc1ccccc1CN(C)S(=O)(=O)c1nnc(NC(=O)c2ccc(C)cc2)s1. The molecule has 0 aliphatic heterocycles. The van der Waals surface area contributed by atoms with Crippen LogP contribution in [0.2, 0.25) is 0 Å². The lowest BCUT2D eigenvalue weighted by Crippen LogP contribution is -2.26. The third-order valence-electron chi connectivity index (χ3n) is 4.16. The van der Waals surface area contributed by atoms with Gasteiger partial charge in [-0.15, -0.1) is 10.2 Å². The van der Waals surface area contributed by atoms with Crippen molar-refractivity contribution in [3.63, 3.8) is 0 Å². The number of methoxy groups -OCH3 is 1. The molecule has 8 nitrogen and oxygen atoms in total. The van der Waals surface area contributed by atoms with Crippen LogP contribution in [0.3, 0.4) is 0 Å². The van der Waals surface area contributed by atoms with Gasteiger partial charge in [0, 0.05) is 24.7 Å². The van der Waals surface area contributed by atoms with E-state index >= 15 is 0 Å². The first-order valence-electron chi connectivity index (χ1n) is 8.61. The van der Waals surface area contributed by atoms with E-state index in [1.165, 1.54) is 14.2 Å². The smallest absolute Gasteiger partial charge is 0.272 e. The lowest BCUT2D eigenvalue weighted by atomic mass is 10.1. The Hall–Kier alpha value is -2.82. The quantitative estimate of drug-likeness (QED) is 0.576. The largest absolute Gasteiger partial charge is 0.496 e. The molecule has 0 unspecified atom stereocenters. The van der Waals surface area contributed by atoms with E-state index < -0.39 is 10.0 Å². The number of para-hydroxylation sites is 1. The second-order valence-corrected chi connectivity index (χ2v) is 9.46. The van der Waals surface area contributed by atoms with E-state index in [0.29, 0.717) is 11.3 Å². The fraction of sp³-hybridized carbons (Fsp3) is 0.211. The Morgan fingerprint density at radius 2 is 1.83 bits per heavy atom. The predicted molar refractivity (Wildman–Crippen MR) is 111 cm³/mol. The molecule has 1 amide bonds. The van der Waals surface area contributed by atoms with Gasteiger partial charge in [0.2, 0.25) is 9.47 Å². The minimum Gasteiger partial charge on any atom is -0.496 e. The molecule has 0 atom stereocenters. The van der Waals surface area contributed by atoms with Crippen molar-refractivity contribution in [3.8, 4) is 5.75 Å². The van der Waals surface area contributed by atoms with Gasteiger partial charge >= 0.3 is 0 Å². The molecule has 0 bridgehead atoms. The Bertz CT molecular complexity index is 1110. The predicted octanol–water partition coefficient (Wildman–Crippen LogP) is 2.93. The van der Waals surface area contributed by atoms with Crippen LogP contribution in [0.15, 0.2) is 52.9 Å². The summed E-state index contributed by atoms with van der Waals surface area (Å²) in [6, 6.07) is 14.2. The van der Waals surface area contributed by atoms with Crippen LogP contribution in [0.5, 0.6) is 5.75 Å². The van der Waals surface area contributed by atoms with Crippen LogP contribution in [0.4, 0.5) is 5.13 Å². The van der Waals surface area contributed by atoms with Gasteiger partial charge in [0.05, 0.1) is 7.11 Å². The first-order chi connectivity index (χ1) is 13.8. The van der Waals surface area contributed by atoms with Crippen molar-refractivity contribution in [2.45, 2.75) is 17.8 Å². The van der Waals surface area contributed by atoms with Gasteiger partial charge in [0.15, 0.2) is 0 Å². The molecule has 1 heterocycles. The van der Waals surface area contributed by atoms with E-state index in [2.05, 4.69) is 15.5 Å². The summed E-state index contributed by atoms with van der Waals surface area (Å²) in [7, 11) is -0.895. The zero-order valence-corrected chi connectivity index (χ0v) is 17.8. The number of aromatic nitrogens is 2. The lowest BCUT2D eigenvalue weighted by Gasteiger charge is -2.16. The van der Waals surface area contributed by atoms with Gasteiger partial charge in [-0.1, -0.05) is 47.2 Å². The van der Waals surface area contributed by atoms with Gasteiger partial charge < -0.3 is 4.74 Å². The molecule has 3 rings (SSSR count). The van der Waals surface area contributed by atoms with Gasteiger partial charge in [-0.05, 0) is 25.1 Å². The highest BCUT2D eigenvalue weighted by molar-refractivity contribution is 7.91. The van der Waals surface area contributed by atoms with Crippen LogP contribution in [0.25, 0.3) is 0 Å². The maximum absolute atomic E-state index is 12.8. The monoisotopic (exact) mass is 432 g/mol. The number of nitrogens with zero attached hydrogens (tertiary/aromatic N) is 3. The summed E-state index contributed by atoms with van der Waals surface area (Å²) in [5, 5.41) is 10.2. The lowest BCUT2D eigenvalue weighted by molar-refractivity contribution is 0.102. The number of aryl methyl sites for hydroxylation is 1. The van der Waals surface area contributed by atoms with Crippen molar-refractivity contribution in [1.29, 1.82) is 0 Å². The van der Waals surface area contributed by atoms with E-state index in [-0.39, 0.29) is 21.9 Å². The van der Waals surface area contributed by atoms with Crippen molar-refractivity contribution < 1.29 is 17.9 Å². The number of nitrogens with one attached hydrogen (secondary N) is 1. The summed E-state index contributed by atoms with van der Waals surface area (Å²) in [4.78, 5) is 12.3. The van der Waals surface area contributed by atoms with Crippen LogP contribution in [0.1, 0.15) is 21.5 Å². The Labute approximate surface area is 173 Å². The number of rotatable bonds is 7. The molecular weight excluding hydrogens is 412 g/mol. The summed E-state index contributed by atoms with van der Waals surface area (Å²) in [5.41, 5.74) is 2.20. The molecule has 0 spiro atoms. The summed E-state index contributed by atoms with van der Waals surface area (Å²) in [6.45, 7) is 2.03. The molecular formula is C19H20N4O4S2. The number of anilines is 1. The molecule has 10 heteroatoms. The highest BCUT2D eigenvalue weighted by atomic mass is 32.2. The van der Waals surface area contributed by atoms with E-state index in [1.54, 1.807) is 24.3 Å². The van der Waals surface area contributed by atoms with Crippen LogP contribution in [0, 0.1) is 6.92 Å². The Morgan fingerprint density at radius 1 is 1.14 bits per heavy atom. The topological polar surface area (TPSA) is 101 Å². The van der Waals surface area contributed by atoms with Gasteiger partial charge in [-0.2, -0.15) is 4.31 Å². The molecule has 0 aliphatic carbocycles. The Kier molecular flexibility index (Phi) is 6.26. The summed E-state index contributed by atoms with van der Waals surface area (Å²) >= 11 is 0.800. The summed E-state index contributed by atoms with van der Waals surface area (Å²) in [5.74, 6) is 0.213. The first kappa shape index (κ1) is 20.9. The standard InChI is InChI=1S/C19H20N4O4S2/c1-13-8-10-14(11-9-13)17(24)20-18-21-22-19(28-18)29(25,26)23(2)12-15-6-4-5-7-16(15)27-3/h4-11H,12H2,1-3H3,(H,20,21,24). The van der Waals surface area contributed by atoms with Crippen LogP contribution >= 0.6 is 11.3 Å². The fourth-order valence-electron chi connectivity index (χ4n) is 2.53. The average Bonchev–Trinajstić information content (AvgIpc) is 3.18. The Morgan fingerprint density at radius 3 is 2.52 bits per heavy atom. The second kappa shape index (κ2) is 8.68. The van der Waals surface area contributed by atoms with Crippen molar-refractivity contribution >= 4 is 32.4 Å². The summed E-state index contributed by atoms with van der Waals surface area (Å²) in [6.07, 6.45) is 0. The van der Waals surface area contributed by atoms with E-state index in [1.807, 2.05) is 31.2 Å². The molecule has 1 N–H and O–H groups in total. The molecule has 152 valence electrons. The second-order valence-electron chi connectivity index (χ2n) is 6.27. The normalized spacial score (nSPS) is 11.4. The van der Waals surface area contributed by atoms with Gasteiger partial charge in [-0.25, -0.2) is 8.42 Å². The van der Waals surface area contributed by atoms with E-state index in [4.69, 9.17) is 4.74 Å². The number of hydrogen-bond acceptors (Lipinski definition) is 7. The van der Waals surface area contributed by atoms with Crippen molar-refractivity contribution in [1.82, 2.24) is 14.5 Å². The van der Waals surface area contributed by atoms with Crippen LogP contribution < -0.4 is 10.1 Å². The molecule has 1 aromatic heterocycles. The Balaban J connectivity index is 1.74. The van der Waals surface area contributed by atoms with Crippen molar-refractivity contribution in [2.24, 2.45) is 0 Å². The van der Waals surface area contributed by atoms with Gasteiger partial charge in [0.1, 0.15) is 5.75 Å². The van der Waals surface area contributed by atoms with Gasteiger partial charge in [-0.3, -0.25) is 10.1 Å². The number of carbonyl (C=O) groups excluding carboxylic acids is 1. The number of carbonyl (C=O) groups is 1.